The molecule has 0 spiro atoms. The molecular formula is C24H43IN4O2. The average molecular weight is 547 g/mol. The van der Waals surface area contributed by atoms with E-state index in [9.17, 15) is 0 Å². The Kier molecular flexibility index (Phi) is 14.2. The zero-order chi connectivity index (χ0) is 21.7. The molecule has 1 aromatic rings. The predicted octanol–water partition coefficient (Wildman–Crippen LogP) is 4.29. The van der Waals surface area contributed by atoms with Crippen LogP contribution in [0.1, 0.15) is 51.0 Å². The molecule has 0 unspecified atom stereocenters. The number of halogens is 1. The lowest BCUT2D eigenvalue weighted by molar-refractivity contribution is 0.138. The molecule has 1 fully saturated rings. The molecule has 0 aromatic heterocycles. The first kappa shape index (κ1) is 28.0. The van der Waals surface area contributed by atoms with E-state index in [1.54, 1.807) is 7.11 Å². The molecule has 1 aromatic carbocycles. The minimum Gasteiger partial charge on any atom is -0.494 e. The predicted molar refractivity (Wildman–Crippen MR) is 141 cm³/mol. The Morgan fingerprint density at radius 3 is 2.42 bits per heavy atom. The average Bonchev–Trinajstić information content (AvgIpc) is 3.21. The third-order valence-corrected chi connectivity index (χ3v) is 5.84. The van der Waals surface area contributed by atoms with Crippen molar-refractivity contribution in [2.75, 3.05) is 54.1 Å². The summed E-state index contributed by atoms with van der Waals surface area (Å²) in [5.74, 6) is 1.82. The number of nitrogens with one attached hydrogen (secondary N) is 2. The third-order valence-electron chi connectivity index (χ3n) is 5.84. The Labute approximate surface area is 206 Å². The summed E-state index contributed by atoms with van der Waals surface area (Å²) in [7, 11) is 5.96. The molecule has 6 nitrogen and oxygen atoms in total. The number of benzene rings is 1. The van der Waals surface area contributed by atoms with Gasteiger partial charge in [-0.3, -0.25) is 0 Å². The van der Waals surface area contributed by atoms with E-state index >= 15 is 0 Å². The van der Waals surface area contributed by atoms with Gasteiger partial charge in [-0.15, -0.1) is 24.0 Å². The molecule has 2 rings (SSSR count). The number of hydrogen-bond acceptors (Lipinski definition) is 4. The lowest BCUT2D eigenvalue weighted by Crippen LogP contribution is -2.43. The topological polar surface area (TPSA) is 58.1 Å². The summed E-state index contributed by atoms with van der Waals surface area (Å²) in [6.07, 6.45) is 7.34. The van der Waals surface area contributed by atoms with E-state index in [1.807, 2.05) is 12.1 Å². The molecular weight excluding hydrogens is 503 g/mol. The summed E-state index contributed by atoms with van der Waals surface area (Å²) >= 11 is 0. The van der Waals surface area contributed by atoms with E-state index < -0.39 is 0 Å². The normalized spacial score (nSPS) is 15.6. The zero-order valence-corrected chi connectivity index (χ0v) is 22.2. The van der Waals surface area contributed by atoms with Gasteiger partial charge in [-0.2, -0.15) is 0 Å². The van der Waals surface area contributed by atoms with Gasteiger partial charge >= 0.3 is 0 Å². The highest BCUT2D eigenvalue weighted by molar-refractivity contribution is 14.0. The second kappa shape index (κ2) is 15.7. The van der Waals surface area contributed by atoms with Crippen molar-refractivity contribution in [3.8, 4) is 5.75 Å². The van der Waals surface area contributed by atoms with Crippen molar-refractivity contribution in [3.63, 3.8) is 0 Å². The Morgan fingerprint density at radius 2 is 1.81 bits per heavy atom. The first-order valence-corrected chi connectivity index (χ1v) is 11.4. The second-order valence-corrected chi connectivity index (χ2v) is 8.65. The fourth-order valence-electron chi connectivity index (χ4n) is 4.00. The first-order valence-electron chi connectivity index (χ1n) is 11.4. The quantitative estimate of drug-likeness (QED) is 0.167. The summed E-state index contributed by atoms with van der Waals surface area (Å²) < 4.78 is 11.2. The highest BCUT2D eigenvalue weighted by Gasteiger charge is 2.33. The number of ether oxygens (including phenoxy) is 2. The van der Waals surface area contributed by atoms with E-state index in [0.29, 0.717) is 12.0 Å². The van der Waals surface area contributed by atoms with Crippen LogP contribution in [0.4, 0.5) is 0 Å². The largest absolute Gasteiger partial charge is 0.494 e. The Bertz CT molecular complexity index is 617. The molecule has 1 saturated carbocycles. The maximum atomic E-state index is 5.82. The van der Waals surface area contributed by atoms with Crippen LogP contribution in [0.2, 0.25) is 0 Å². The molecule has 178 valence electrons. The van der Waals surface area contributed by atoms with Gasteiger partial charge in [0, 0.05) is 33.4 Å². The van der Waals surface area contributed by atoms with Gasteiger partial charge in [0.05, 0.1) is 13.2 Å². The molecule has 1 aliphatic carbocycles. The lowest BCUT2D eigenvalue weighted by Gasteiger charge is -2.30. The van der Waals surface area contributed by atoms with Gasteiger partial charge in [0.25, 0.3) is 0 Å². The van der Waals surface area contributed by atoms with Crippen molar-refractivity contribution in [1.29, 1.82) is 0 Å². The van der Waals surface area contributed by atoms with Crippen molar-refractivity contribution in [1.82, 2.24) is 15.5 Å². The van der Waals surface area contributed by atoms with Crippen molar-refractivity contribution < 1.29 is 9.47 Å². The van der Waals surface area contributed by atoms with Crippen LogP contribution in [0.15, 0.2) is 29.3 Å². The maximum Gasteiger partial charge on any atom is 0.191 e. The second-order valence-electron chi connectivity index (χ2n) is 8.65. The summed E-state index contributed by atoms with van der Waals surface area (Å²) in [6.45, 7) is 7.20. The molecule has 1 aliphatic rings. The Morgan fingerprint density at radius 1 is 1.10 bits per heavy atom. The van der Waals surface area contributed by atoms with Crippen LogP contribution in [0.5, 0.6) is 5.75 Å². The molecule has 0 atom stereocenters. The monoisotopic (exact) mass is 546 g/mol. The molecule has 0 saturated heterocycles. The van der Waals surface area contributed by atoms with E-state index in [-0.39, 0.29) is 24.0 Å². The van der Waals surface area contributed by atoms with Gasteiger partial charge in [0.15, 0.2) is 5.96 Å². The molecule has 0 aliphatic heterocycles. The van der Waals surface area contributed by atoms with Crippen LogP contribution in [0.3, 0.4) is 0 Å². The van der Waals surface area contributed by atoms with Gasteiger partial charge in [-0.05, 0) is 69.8 Å². The zero-order valence-electron chi connectivity index (χ0n) is 19.9. The van der Waals surface area contributed by atoms with Gasteiger partial charge in [0.2, 0.25) is 0 Å². The van der Waals surface area contributed by atoms with Gasteiger partial charge in [-0.25, -0.2) is 4.99 Å². The minimum atomic E-state index is 0. The van der Waals surface area contributed by atoms with Crippen molar-refractivity contribution >= 4 is 29.9 Å². The molecule has 0 amide bonds. The number of guanidine groups is 1. The number of hydrogen-bond donors (Lipinski definition) is 2. The number of nitrogens with zero attached hydrogens (tertiary/aromatic N) is 2. The summed E-state index contributed by atoms with van der Waals surface area (Å²) in [5, 5.41) is 6.98. The Balaban J connectivity index is 0.00000480. The van der Waals surface area contributed by atoms with Crippen molar-refractivity contribution in [2.45, 2.75) is 52.0 Å². The highest BCUT2D eigenvalue weighted by Crippen LogP contribution is 2.40. The molecule has 0 bridgehead atoms. The molecule has 0 heterocycles. The fourth-order valence-corrected chi connectivity index (χ4v) is 4.00. The van der Waals surface area contributed by atoms with E-state index in [1.165, 1.54) is 31.2 Å². The van der Waals surface area contributed by atoms with Crippen LogP contribution in [0, 0.1) is 5.41 Å². The maximum absolute atomic E-state index is 5.82. The lowest BCUT2D eigenvalue weighted by atomic mass is 9.83. The SMILES string of the molecule is CCNC(=NCc1ccc(OCCCN(C)C)cc1)NCC1(CCOC)CCCC1.I. The molecule has 2 N–H and O–H groups in total. The van der Waals surface area contributed by atoms with Crippen LogP contribution in [0.25, 0.3) is 0 Å². The van der Waals surface area contributed by atoms with E-state index in [4.69, 9.17) is 14.5 Å². The van der Waals surface area contributed by atoms with Crippen LogP contribution in [-0.2, 0) is 11.3 Å². The van der Waals surface area contributed by atoms with Crippen LogP contribution in [-0.4, -0.2) is 64.9 Å². The summed E-state index contributed by atoms with van der Waals surface area (Å²) in [5.41, 5.74) is 1.53. The fraction of sp³-hybridized carbons (Fsp3) is 0.708. The van der Waals surface area contributed by atoms with E-state index in [2.05, 4.69) is 48.7 Å². The molecule has 0 radical (unpaired) electrons. The standard InChI is InChI=1S/C24H42N4O2.HI/c1-5-25-23(27-20-24(15-18-29-4)13-6-7-14-24)26-19-21-9-11-22(12-10-21)30-17-8-16-28(2)3;/h9-12H,5-8,13-20H2,1-4H3,(H2,25,26,27);1H. The van der Waals surface area contributed by atoms with Crippen molar-refractivity contribution in [2.24, 2.45) is 10.4 Å². The summed E-state index contributed by atoms with van der Waals surface area (Å²) in [6, 6.07) is 8.29. The number of rotatable bonds is 13. The van der Waals surface area contributed by atoms with Crippen LogP contribution < -0.4 is 15.4 Å². The molecule has 7 heteroatoms. The van der Waals surface area contributed by atoms with E-state index in [0.717, 1.165) is 57.4 Å². The molecule has 31 heavy (non-hydrogen) atoms. The van der Waals surface area contributed by atoms with Crippen LogP contribution >= 0.6 is 24.0 Å². The minimum absolute atomic E-state index is 0. The van der Waals surface area contributed by atoms with Gasteiger partial charge in [-0.1, -0.05) is 25.0 Å². The smallest absolute Gasteiger partial charge is 0.191 e. The first-order chi connectivity index (χ1) is 14.6. The number of aliphatic imine (C=N–C) groups is 1. The van der Waals surface area contributed by atoms with Gasteiger partial charge < -0.3 is 25.0 Å². The van der Waals surface area contributed by atoms with Gasteiger partial charge in [0.1, 0.15) is 5.75 Å². The number of methoxy groups -OCH3 is 1. The third kappa shape index (κ3) is 10.9. The summed E-state index contributed by atoms with van der Waals surface area (Å²) in [4.78, 5) is 6.97. The van der Waals surface area contributed by atoms with Crippen molar-refractivity contribution in [3.05, 3.63) is 29.8 Å². The Hall–Kier alpha value is -1.06. The highest BCUT2D eigenvalue weighted by atomic mass is 127.